The lowest BCUT2D eigenvalue weighted by atomic mass is 9.81. The molecule has 226 valence electrons. The highest BCUT2D eigenvalue weighted by Crippen LogP contribution is 2.45. The number of nitrogens with one attached hydrogen (secondary N) is 2. The lowest BCUT2D eigenvalue weighted by Gasteiger charge is -2.42. The minimum absolute atomic E-state index is 0.0272. The number of anilines is 1. The highest BCUT2D eigenvalue weighted by atomic mass is 32.2. The normalized spacial score (nSPS) is 18.3. The second-order valence-electron chi connectivity index (χ2n) is 13.5. The van der Waals surface area contributed by atoms with Crippen LogP contribution in [0.2, 0.25) is 0 Å². The standard InChI is InChI=1S/C31H46N4O4S2/c1-20(2)18-35(19-21(3)4)41(38,39)23-13-11-22(12-14-23)27(36)32-28-25(29(37)34-15-9-10-16-34)24-17-30(5,6)33-31(7,8)26(24)40-28/h11-14,20-21,33H,9-10,15-19H2,1-8H3,(H,32,36). The molecule has 1 aromatic carbocycles. The maximum Gasteiger partial charge on any atom is 0.257 e. The molecule has 4 rings (SSSR count). The summed E-state index contributed by atoms with van der Waals surface area (Å²) in [6.07, 6.45) is 2.65. The summed E-state index contributed by atoms with van der Waals surface area (Å²) in [5, 5.41) is 7.27. The van der Waals surface area contributed by atoms with Gasteiger partial charge in [0.25, 0.3) is 11.8 Å². The molecule has 1 saturated heterocycles. The van der Waals surface area contributed by atoms with Crippen molar-refractivity contribution in [2.24, 2.45) is 11.8 Å². The van der Waals surface area contributed by atoms with Crippen LogP contribution in [0.4, 0.5) is 5.00 Å². The zero-order valence-electron chi connectivity index (χ0n) is 25.8. The molecule has 10 heteroatoms. The summed E-state index contributed by atoms with van der Waals surface area (Å²) in [5.41, 5.74) is 1.37. The van der Waals surface area contributed by atoms with Crippen molar-refractivity contribution in [2.75, 3.05) is 31.5 Å². The molecule has 2 aliphatic rings. The number of likely N-dealkylation sites (tertiary alicyclic amines) is 1. The SMILES string of the molecule is CC(C)CN(CC(C)C)S(=O)(=O)c1ccc(C(=O)Nc2sc3c(c2C(=O)N2CCCC2)CC(C)(C)NC3(C)C)cc1. The average molecular weight is 603 g/mol. The number of sulfonamides is 1. The second kappa shape index (κ2) is 11.8. The Labute approximate surface area is 249 Å². The number of amides is 2. The predicted octanol–water partition coefficient (Wildman–Crippen LogP) is 5.70. The smallest absolute Gasteiger partial charge is 0.257 e. The van der Waals surface area contributed by atoms with Crippen LogP contribution in [0.15, 0.2) is 29.2 Å². The Morgan fingerprint density at radius 3 is 2.10 bits per heavy atom. The van der Waals surface area contributed by atoms with Gasteiger partial charge in [-0.25, -0.2) is 8.42 Å². The molecule has 3 heterocycles. The topological polar surface area (TPSA) is 98.8 Å². The van der Waals surface area contributed by atoms with Gasteiger partial charge in [0.1, 0.15) is 5.00 Å². The van der Waals surface area contributed by atoms with Crippen LogP contribution in [0, 0.1) is 11.8 Å². The summed E-state index contributed by atoms with van der Waals surface area (Å²) >= 11 is 1.46. The van der Waals surface area contributed by atoms with Crippen molar-refractivity contribution in [1.82, 2.24) is 14.5 Å². The van der Waals surface area contributed by atoms with Crippen molar-refractivity contribution in [3.63, 3.8) is 0 Å². The molecule has 0 saturated carbocycles. The molecule has 0 spiro atoms. The van der Waals surface area contributed by atoms with E-state index < -0.39 is 10.0 Å². The fourth-order valence-corrected chi connectivity index (χ4v) is 9.14. The highest BCUT2D eigenvalue weighted by Gasteiger charge is 2.42. The van der Waals surface area contributed by atoms with Crippen LogP contribution in [0.5, 0.6) is 0 Å². The molecule has 2 aliphatic heterocycles. The van der Waals surface area contributed by atoms with Crippen molar-refractivity contribution >= 4 is 38.2 Å². The fourth-order valence-electron chi connectivity index (χ4n) is 6.11. The van der Waals surface area contributed by atoms with Crippen molar-refractivity contribution in [3.8, 4) is 0 Å². The molecule has 8 nitrogen and oxygen atoms in total. The number of hydrogen-bond donors (Lipinski definition) is 2. The van der Waals surface area contributed by atoms with E-state index in [0.717, 1.165) is 36.4 Å². The summed E-state index contributed by atoms with van der Waals surface area (Å²) < 4.78 is 28.4. The number of thiophene rings is 1. The van der Waals surface area contributed by atoms with E-state index in [1.165, 1.54) is 27.8 Å². The minimum Gasteiger partial charge on any atom is -0.339 e. The number of rotatable bonds is 9. The zero-order valence-corrected chi connectivity index (χ0v) is 27.4. The lowest BCUT2D eigenvalue weighted by Crippen LogP contribution is -2.55. The largest absolute Gasteiger partial charge is 0.339 e. The van der Waals surface area contributed by atoms with E-state index in [9.17, 15) is 18.0 Å². The first-order chi connectivity index (χ1) is 19.0. The third-order valence-corrected chi connectivity index (χ3v) is 10.9. The van der Waals surface area contributed by atoms with Gasteiger partial charge < -0.3 is 15.5 Å². The molecule has 2 aromatic rings. The number of benzene rings is 1. The Hall–Kier alpha value is -2.27. The van der Waals surface area contributed by atoms with E-state index >= 15 is 0 Å². The van der Waals surface area contributed by atoms with Crippen molar-refractivity contribution in [2.45, 2.75) is 90.6 Å². The van der Waals surface area contributed by atoms with Crippen LogP contribution in [0.1, 0.15) is 99.4 Å². The quantitative estimate of drug-likeness (QED) is 0.384. The van der Waals surface area contributed by atoms with Gasteiger partial charge in [-0.2, -0.15) is 4.31 Å². The van der Waals surface area contributed by atoms with Crippen molar-refractivity contribution in [3.05, 3.63) is 45.8 Å². The Kier molecular flexibility index (Phi) is 9.10. The number of nitrogens with zero attached hydrogens (tertiary/aromatic N) is 2. The van der Waals surface area contributed by atoms with Gasteiger partial charge in [0, 0.05) is 47.7 Å². The maximum absolute atomic E-state index is 13.8. The number of carbonyl (C=O) groups excluding carboxylic acids is 2. The van der Waals surface area contributed by atoms with Crippen LogP contribution < -0.4 is 10.6 Å². The van der Waals surface area contributed by atoms with Gasteiger partial charge in [-0.3, -0.25) is 9.59 Å². The molecule has 0 atom stereocenters. The molecule has 2 amide bonds. The molecule has 0 unspecified atom stereocenters. The van der Waals surface area contributed by atoms with Gasteiger partial charge in [0.05, 0.1) is 10.5 Å². The third-order valence-electron chi connectivity index (χ3n) is 7.57. The van der Waals surface area contributed by atoms with Crippen LogP contribution in [-0.2, 0) is 22.0 Å². The van der Waals surface area contributed by atoms with Gasteiger partial charge in [0.2, 0.25) is 10.0 Å². The van der Waals surface area contributed by atoms with Crippen LogP contribution in [0.3, 0.4) is 0 Å². The summed E-state index contributed by atoms with van der Waals surface area (Å²) in [4.78, 5) is 30.4. The highest BCUT2D eigenvalue weighted by molar-refractivity contribution is 7.89. The number of carbonyl (C=O) groups is 2. The first-order valence-electron chi connectivity index (χ1n) is 14.7. The zero-order chi connectivity index (χ0) is 30.3. The van der Waals surface area contributed by atoms with Crippen LogP contribution in [-0.4, -0.2) is 61.2 Å². The van der Waals surface area contributed by atoms with Gasteiger partial charge in [-0.1, -0.05) is 27.7 Å². The molecular weight excluding hydrogens is 556 g/mol. The van der Waals surface area contributed by atoms with Gasteiger partial charge in [0.15, 0.2) is 0 Å². The van der Waals surface area contributed by atoms with Crippen molar-refractivity contribution < 1.29 is 18.0 Å². The minimum atomic E-state index is -3.70. The fraction of sp³-hybridized carbons (Fsp3) is 0.613. The summed E-state index contributed by atoms with van der Waals surface area (Å²) in [6, 6.07) is 6.11. The monoisotopic (exact) mass is 602 g/mol. The number of hydrogen-bond acceptors (Lipinski definition) is 6. The van der Waals surface area contributed by atoms with Crippen molar-refractivity contribution in [1.29, 1.82) is 0 Å². The van der Waals surface area contributed by atoms with Crippen LogP contribution >= 0.6 is 11.3 Å². The molecule has 2 N–H and O–H groups in total. The molecule has 41 heavy (non-hydrogen) atoms. The first-order valence-corrected chi connectivity index (χ1v) is 16.9. The molecule has 0 bridgehead atoms. The Morgan fingerprint density at radius 2 is 1.56 bits per heavy atom. The predicted molar refractivity (Wildman–Crippen MR) is 166 cm³/mol. The average Bonchev–Trinajstić information content (AvgIpc) is 3.50. The summed E-state index contributed by atoms with van der Waals surface area (Å²) in [7, 11) is -3.70. The van der Waals surface area contributed by atoms with E-state index in [2.05, 4.69) is 38.3 Å². The lowest BCUT2D eigenvalue weighted by molar-refractivity contribution is 0.0792. The molecule has 0 radical (unpaired) electrons. The molecule has 1 fully saturated rings. The molecular formula is C31H46N4O4S2. The Morgan fingerprint density at radius 1 is 1.00 bits per heavy atom. The maximum atomic E-state index is 13.8. The van der Waals surface area contributed by atoms with E-state index in [4.69, 9.17) is 0 Å². The van der Waals surface area contributed by atoms with Crippen LogP contribution in [0.25, 0.3) is 0 Å². The van der Waals surface area contributed by atoms with Gasteiger partial charge in [-0.15, -0.1) is 11.3 Å². The van der Waals surface area contributed by atoms with E-state index in [0.29, 0.717) is 35.6 Å². The van der Waals surface area contributed by atoms with E-state index in [1.807, 2.05) is 32.6 Å². The molecule has 1 aromatic heterocycles. The molecule has 0 aliphatic carbocycles. The number of fused-ring (bicyclic) bond motifs is 1. The second-order valence-corrected chi connectivity index (χ2v) is 16.5. The van der Waals surface area contributed by atoms with E-state index in [1.54, 1.807) is 12.1 Å². The summed E-state index contributed by atoms with van der Waals surface area (Å²) in [5.74, 6) is -0.0169. The first kappa shape index (κ1) is 31.7. The van der Waals surface area contributed by atoms with E-state index in [-0.39, 0.29) is 39.6 Å². The third kappa shape index (κ3) is 6.87. The Bertz CT molecular complexity index is 1380. The van der Waals surface area contributed by atoms with Gasteiger partial charge >= 0.3 is 0 Å². The Balaban J connectivity index is 1.65. The van der Waals surface area contributed by atoms with Gasteiger partial charge in [-0.05, 0) is 88.6 Å². The summed E-state index contributed by atoms with van der Waals surface area (Å²) in [6.45, 7) is 18.8.